The molecule has 8 aromatic carbocycles. The van der Waals surface area contributed by atoms with E-state index in [9.17, 15) is 0 Å². The molecule has 2 aliphatic rings. The van der Waals surface area contributed by atoms with Crippen molar-refractivity contribution in [2.75, 3.05) is 4.90 Å². The van der Waals surface area contributed by atoms with Crippen molar-refractivity contribution in [1.82, 2.24) is 0 Å². The zero-order valence-corrected chi connectivity index (χ0v) is 27.0. The van der Waals surface area contributed by atoms with Gasteiger partial charge in [-0.3, -0.25) is 0 Å². The molecule has 1 nitrogen and oxygen atoms in total. The maximum absolute atomic E-state index is 2.54. The van der Waals surface area contributed by atoms with E-state index in [1.54, 1.807) is 0 Å². The molecule has 0 aliphatic heterocycles. The van der Waals surface area contributed by atoms with Crippen LogP contribution in [0.5, 0.6) is 0 Å². The van der Waals surface area contributed by atoms with Gasteiger partial charge in [0, 0.05) is 16.8 Å². The maximum Gasteiger partial charge on any atom is 0.0726 e. The minimum absolute atomic E-state index is 0.453. The molecule has 1 heteroatoms. The minimum Gasteiger partial charge on any atom is -0.310 e. The molecule has 2 aliphatic carbocycles. The second-order valence-electron chi connectivity index (χ2n) is 13.4. The summed E-state index contributed by atoms with van der Waals surface area (Å²) in [5.41, 5.74) is 16.4. The van der Waals surface area contributed by atoms with Gasteiger partial charge in [-0.05, 0) is 104 Å². The Morgan fingerprint density at radius 3 is 1.75 bits per heavy atom. The van der Waals surface area contributed by atoms with Crippen LogP contribution in [-0.2, 0) is 5.41 Å². The summed E-state index contributed by atoms with van der Waals surface area (Å²) in [5.74, 6) is 0. The third-order valence-electron chi connectivity index (χ3n) is 10.8. The largest absolute Gasteiger partial charge is 0.310 e. The quantitative estimate of drug-likeness (QED) is 0.192. The first-order chi connectivity index (χ1) is 23.7. The van der Waals surface area contributed by atoms with Gasteiger partial charge in [-0.15, -0.1) is 0 Å². The van der Waals surface area contributed by atoms with Gasteiger partial charge in [-0.1, -0.05) is 145 Å². The monoisotopic (exact) mass is 611 g/mol. The predicted octanol–water partition coefficient (Wildman–Crippen LogP) is 12.4. The highest BCUT2D eigenvalue weighted by molar-refractivity contribution is 6.16. The van der Waals surface area contributed by atoms with E-state index in [1.807, 2.05) is 0 Å². The van der Waals surface area contributed by atoms with Crippen LogP contribution in [0.4, 0.5) is 17.1 Å². The summed E-state index contributed by atoms with van der Waals surface area (Å²) in [6.07, 6.45) is 0. The highest BCUT2D eigenvalue weighted by Crippen LogP contribution is 2.65. The van der Waals surface area contributed by atoms with Crippen LogP contribution < -0.4 is 4.90 Å². The molecular weight excluding hydrogens is 579 g/mol. The molecule has 0 N–H and O–H groups in total. The smallest absolute Gasteiger partial charge is 0.0726 e. The second-order valence-corrected chi connectivity index (χ2v) is 13.4. The van der Waals surface area contributed by atoms with Gasteiger partial charge in [0.25, 0.3) is 0 Å². The number of aryl methyl sites for hydroxylation is 2. The van der Waals surface area contributed by atoms with Crippen LogP contribution in [0.25, 0.3) is 43.8 Å². The van der Waals surface area contributed by atoms with Crippen LogP contribution in [-0.4, -0.2) is 0 Å². The molecule has 1 spiro atoms. The van der Waals surface area contributed by atoms with Gasteiger partial charge in [0.05, 0.1) is 11.1 Å². The average Bonchev–Trinajstić information content (AvgIpc) is 3.61. The van der Waals surface area contributed by atoms with E-state index in [-0.39, 0.29) is 0 Å². The Kier molecular flexibility index (Phi) is 5.69. The normalized spacial score (nSPS) is 13.4. The third-order valence-corrected chi connectivity index (χ3v) is 10.8. The van der Waals surface area contributed by atoms with Crippen molar-refractivity contribution in [3.63, 3.8) is 0 Å². The van der Waals surface area contributed by atoms with Crippen LogP contribution in [0.2, 0.25) is 0 Å². The number of anilines is 3. The Hall–Kier alpha value is -5.92. The lowest BCUT2D eigenvalue weighted by Crippen LogP contribution is -2.26. The van der Waals surface area contributed by atoms with Gasteiger partial charge >= 0.3 is 0 Å². The number of rotatable bonds is 3. The molecule has 0 radical (unpaired) electrons. The molecule has 0 amide bonds. The molecule has 0 unspecified atom stereocenters. The van der Waals surface area contributed by atoms with Crippen molar-refractivity contribution in [2.24, 2.45) is 0 Å². The predicted molar refractivity (Wildman–Crippen MR) is 202 cm³/mol. The Balaban J connectivity index is 1.42. The number of hydrogen-bond acceptors (Lipinski definition) is 1. The van der Waals surface area contributed by atoms with Crippen molar-refractivity contribution in [1.29, 1.82) is 0 Å². The molecule has 48 heavy (non-hydrogen) atoms. The lowest BCUT2D eigenvalue weighted by Gasteiger charge is -2.33. The summed E-state index contributed by atoms with van der Waals surface area (Å²) in [4.78, 5) is 2.49. The van der Waals surface area contributed by atoms with Crippen LogP contribution >= 0.6 is 0 Å². The standard InChI is InChI=1S/C47H33N/c1-30-24-27-43(31(2)28-30)48(33-15-4-3-5-16-33)44-29-42-46(38-21-9-8-20-37(38)44)45-34-17-7-6-14-32(34)25-26-41(45)47(42)39-22-12-10-18-35(39)36-19-11-13-23-40(36)47/h3-29H,1-2H3. The average molecular weight is 612 g/mol. The van der Waals surface area contributed by atoms with Gasteiger partial charge in [0.15, 0.2) is 0 Å². The van der Waals surface area contributed by atoms with Crippen molar-refractivity contribution in [2.45, 2.75) is 19.3 Å². The van der Waals surface area contributed by atoms with Crippen LogP contribution in [0.3, 0.4) is 0 Å². The summed E-state index contributed by atoms with van der Waals surface area (Å²) in [5, 5.41) is 5.11. The molecule has 8 aromatic rings. The molecule has 0 saturated carbocycles. The maximum atomic E-state index is 2.54. The number of benzene rings is 8. The summed E-state index contributed by atoms with van der Waals surface area (Å²) >= 11 is 0. The Morgan fingerprint density at radius 1 is 0.417 bits per heavy atom. The van der Waals surface area contributed by atoms with Gasteiger partial charge in [-0.2, -0.15) is 0 Å². The molecule has 0 fully saturated rings. The Bertz CT molecular complexity index is 2550. The number of fused-ring (bicyclic) bond motifs is 14. The third kappa shape index (κ3) is 3.51. The van der Waals surface area contributed by atoms with Crippen LogP contribution in [0.15, 0.2) is 164 Å². The van der Waals surface area contributed by atoms with E-state index in [2.05, 4.69) is 183 Å². The first kappa shape index (κ1) is 27.2. The van der Waals surface area contributed by atoms with Crippen molar-refractivity contribution >= 4 is 38.6 Å². The van der Waals surface area contributed by atoms with Gasteiger partial charge < -0.3 is 4.90 Å². The molecule has 0 bridgehead atoms. The highest BCUT2D eigenvalue weighted by atomic mass is 15.1. The number of nitrogens with zero attached hydrogens (tertiary/aromatic N) is 1. The zero-order chi connectivity index (χ0) is 32.0. The second kappa shape index (κ2) is 10.0. The van der Waals surface area contributed by atoms with Gasteiger partial charge in [0.2, 0.25) is 0 Å². The molecule has 226 valence electrons. The fourth-order valence-corrected chi connectivity index (χ4v) is 8.96. The van der Waals surface area contributed by atoms with E-state index in [0.29, 0.717) is 0 Å². The first-order valence-corrected chi connectivity index (χ1v) is 16.9. The number of para-hydroxylation sites is 1. The van der Waals surface area contributed by atoms with Crippen molar-refractivity contribution in [3.8, 4) is 22.3 Å². The fourth-order valence-electron chi connectivity index (χ4n) is 8.96. The van der Waals surface area contributed by atoms with Crippen LogP contribution in [0, 0.1) is 13.8 Å². The number of hydrogen-bond donors (Lipinski definition) is 0. The van der Waals surface area contributed by atoms with E-state index >= 15 is 0 Å². The minimum atomic E-state index is -0.453. The Morgan fingerprint density at radius 2 is 1.02 bits per heavy atom. The lowest BCUT2D eigenvalue weighted by atomic mass is 9.70. The zero-order valence-electron chi connectivity index (χ0n) is 27.0. The SMILES string of the molecule is Cc1ccc(N(c2ccccc2)c2cc3c(c4ccccc24)-c2c(ccc4ccccc24)C32c3ccccc3-c3ccccc32)c(C)c1. The van der Waals surface area contributed by atoms with E-state index in [4.69, 9.17) is 0 Å². The molecule has 0 heterocycles. The summed E-state index contributed by atoms with van der Waals surface area (Å²) < 4.78 is 0. The van der Waals surface area contributed by atoms with Crippen LogP contribution in [0.1, 0.15) is 33.4 Å². The molecule has 0 atom stereocenters. The molecule has 0 aromatic heterocycles. The summed E-state index contributed by atoms with van der Waals surface area (Å²) in [7, 11) is 0. The van der Waals surface area contributed by atoms with Crippen molar-refractivity contribution in [3.05, 3.63) is 197 Å². The van der Waals surface area contributed by atoms with E-state index in [0.717, 1.165) is 5.69 Å². The fraction of sp³-hybridized carbons (Fsp3) is 0.0638. The first-order valence-electron chi connectivity index (χ1n) is 16.9. The Labute approximate surface area is 281 Å². The van der Waals surface area contributed by atoms with Gasteiger partial charge in [0.1, 0.15) is 0 Å². The highest BCUT2D eigenvalue weighted by Gasteiger charge is 2.52. The lowest BCUT2D eigenvalue weighted by molar-refractivity contribution is 0.795. The van der Waals surface area contributed by atoms with E-state index in [1.165, 1.54) is 88.6 Å². The molecule has 0 saturated heterocycles. The van der Waals surface area contributed by atoms with Crippen molar-refractivity contribution < 1.29 is 0 Å². The summed E-state index contributed by atoms with van der Waals surface area (Å²) in [6, 6.07) is 61.2. The topological polar surface area (TPSA) is 3.24 Å². The molecule has 10 rings (SSSR count). The van der Waals surface area contributed by atoms with Gasteiger partial charge in [-0.25, -0.2) is 0 Å². The summed E-state index contributed by atoms with van der Waals surface area (Å²) in [6.45, 7) is 4.41. The molecular formula is C47H33N. The van der Waals surface area contributed by atoms with E-state index < -0.39 is 5.41 Å².